The molecular weight excluding hydrogens is 470 g/mol. The van der Waals surface area contributed by atoms with E-state index in [4.69, 9.17) is 16.3 Å². The van der Waals surface area contributed by atoms with E-state index in [2.05, 4.69) is 20.9 Å². The summed E-state index contributed by atoms with van der Waals surface area (Å²) in [4.78, 5) is 16.7. The molecular formula is C18H15BrClN3O4S. The normalized spacial score (nSPS) is 11.3. The Morgan fingerprint density at radius 2 is 1.96 bits per heavy atom. The zero-order valence-corrected chi connectivity index (χ0v) is 18.0. The maximum absolute atomic E-state index is 12.6. The van der Waals surface area contributed by atoms with E-state index in [1.807, 2.05) is 4.72 Å². The van der Waals surface area contributed by atoms with Crippen LogP contribution in [0.2, 0.25) is 5.02 Å². The van der Waals surface area contributed by atoms with Gasteiger partial charge in [-0.1, -0.05) is 23.7 Å². The molecule has 3 aromatic rings. The molecule has 0 aliphatic carbocycles. The number of aryl methyl sites for hydroxylation is 1. The van der Waals surface area contributed by atoms with E-state index in [9.17, 15) is 13.2 Å². The number of imidazole rings is 1. The molecule has 1 aromatic heterocycles. The number of ether oxygens (including phenoxy) is 1. The van der Waals surface area contributed by atoms with Crippen molar-refractivity contribution in [1.29, 1.82) is 0 Å². The predicted octanol–water partition coefficient (Wildman–Crippen LogP) is 3.63. The quantitative estimate of drug-likeness (QED) is 0.597. The lowest BCUT2D eigenvalue weighted by Gasteiger charge is -2.09. The third kappa shape index (κ3) is 4.06. The molecule has 0 saturated carbocycles. The van der Waals surface area contributed by atoms with E-state index >= 15 is 0 Å². The second-order valence-electron chi connectivity index (χ2n) is 5.77. The number of carbonyl (C=O) groups excluding carboxylic acids is 1. The van der Waals surface area contributed by atoms with Crippen LogP contribution in [0.4, 0.5) is 0 Å². The Hall–Kier alpha value is -2.36. The largest absolute Gasteiger partial charge is 0.497 e. The Morgan fingerprint density at radius 1 is 1.25 bits per heavy atom. The highest BCUT2D eigenvalue weighted by molar-refractivity contribution is 9.10. The molecule has 0 radical (unpaired) electrons. The highest BCUT2D eigenvalue weighted by Gasteiger charge is 2.24. The summed E-state index contributed by atoms with van der Waals surface area (Å²) in [6.45, 7) is 0. The van der Waals surface area contributed by atoms with Crippen LogP contribution in [-0.4, -0.2) is 31.0 Å². The maximum Gasteiger partial charge on any atom is 0.285 e. The van der Waals surface area contributed by atoms with Gasteiger partial charge in [-0.15, -0.1) is 0 Å². The monoisotopic (exact) mass is 483 g/mol. The molecule has 0 aliphatic rings. The SMILES string of the molecule is COc1ccc(Br)c(S(=O)(=O)NC(=O)c2cn(C)c(-c3ccccc3Cl)n2)c1. The lowest BCUT2D eigenvalue weighted by atomic mass is 10.2. The van der Waals surface area contributed by atoms with Gasteiger partial charge in [0, 0.05) is 29.3 Å². The lowest BCUT2D eigenvalue weighted by molar-refractivity contribution is 0.0977. The third-order valence-corrected chi connectivity index (χ3v) is 6.53. The van der Waals surface area contributed by atoms with Crippen molar-refractivity contribution in [3.05, 3.63) is 63.9 Å². The molecule has 10 heteroatoms. The summed E-state index contributed by atoms with van der Waals surface area (Å²) in [6.07, 6.45) is 1.43. The molecule has 1 amide bonds. The molecule has 0 unspecified atom stereocenters. The predicted molar refractivity (Wildman–Crippen MR) is 109 cm³/mol. The summed E-state index contributed by atoms with van der Waals surface area (Å²) in [5.41, 5.74) is 0.573. The van der Waals surface area contributed by atoms with Gasteiger partial charge in [-0.2, -0.15) is 0 Å². The fourth-order valence-electron chi connectivity index (χ4n) is 2.51. The molecule has 1 N–H and O–H groups in total. The summed E-state index contributed by atoms with van der Waals surface area (Å²) < 4.78 is 34.3. The number of aromatic nitrogens is 2. The minimum absolute atomic E-state index is 0.0555. The Bertz CT molecular complexity index is 1160. The fraction of sp³-hybridized carbons (Fsp3) is 0.111. The molecule has 7 nitrogen and oxygen atoms in total. The van der Waals surface area contributed by atoms with Crippen LogP contribution in [-0.2, 0) is 17.1 Å². The Balaban J connectivity index is 1.92. The number of carbonyl (C=O) groups is 1. The van der Waals surface area contributed by atoms with Gasteiger partial charge in [0.2, 0.25) is 0 Å². The van der Waals surface area contributed by atoms with Crippen LogP contribution in [0.5, 0.6) is 5.75 Å². The highest BCUT2D eigenvalue weighted by Crippen LogP contribution is 2.28. The van der Waals surface area contributed by atoms with Crippen molar-refractivity contribution >= 4 is 43.5 Å². The van der Waals surface area contributed by atoms with Crippen LogP contribution in [0.25, 0.3) is 11.4 Å². The first-order valence-corrected chi connectivity index (χ1v) is 10.6. The Labute approximate surface area is 175 Å². The third-order valence-electron chi connectivity index (χ3n) is 3.88. The number of hydrogen-bond donors (Lipinski definition) is 1. The smallest absolute Gasteiger partial charge is 0.285 e. The van der Waals surface area contributed by atoms with Crippen LogP contribution < -0.4 is 9.46 Å². The van der Waals surface area contributed by atoms with Gasteiger partial charge in [0.05, 0.1) is 12.1 Å². The lowest BCUT2D eigenvalue weighted by Crippen LogP contribution is -2.31. The van der Waals surface area contributed by atoms with Crippen LogP contribution in [0.3, 0.4) is 0 Å². The number of benzene rings is 2. The molecule has 2 aromatic carbocycles. The van der Waals surface area contributed by atoms with Crippen molar-refractivity contribution in [3.63, 3.8) is 0 Å². The van der Waals surface area contributed by atoms with E-state index < -0.39 is 15.9 Å². The first-order chi connectivity index (χ1) is 13.2. The van der Waals surface area contributed by atoms with Crippen molar-refractivity contribution in [3.8, 4) is 17.1 Å². The average molecular weight is 485 g/mol. The number of nitrogens with one attached hydrogen (secondary N) is 1. The first kappa shape index (κ1) is 20.4. The van der Waals surface area contributed by atoms with Gasteiger partial charge in [0.1, 0.15) is 22.2 Å². The van der Waals surface area contributed by atoms with E-state index in [0.29, 0.717) is 26.6 Å². The maximum atomic E-state index is 12.6. The van der Waals surface area contributed by atoms with E-state index in [0.717, 1.165) is 0 Å². The van der Waals surface area contributed by atoms with E-state index in [1.165, 1.54) is 25.4 Å². The highest BCUT2D eigenvalue weighted by atomic mass is 79.9. The van der Waals surface area contributed by atoms with Gasteiger partial charge < -0.3 is 9.30 Å². The topological polar surface area (TPSA) is 90.3 Å². The van der Waals surface area contributed by atoms with Gasteiger partial charge in [-0.3, -0.25) is 4.79 Å². The summed E-state index contributed by atoms with van der Waals surface area (Å²) in [6, 6.07) is 11.5. The number of methoxy groups -OCH3 is 1. The van der Waals surface area contributed by atoms with Gasteiger partial charge >= 0.3 is 0 Å². The second-order valence-corrected chi connectivity index (χ2v) is 8.68. The number of hydrogen-bond acceptors (Lipinski definition) is 5. The molecule has 0 aliphatic heterocycles. The molecule has 146 valence electrons. The van der Waals surface area contributed by atoms with Crippen LogP contribution in [0, 0.1) is 0 Å². The van der Waals surface area contributed by atoms with Crippen molar-refractivity contribution in [2.24, 2.45) is 7.05 Å². The minimum Gasteiger partial charge on any atom is -0.497 e. The summed E-state index contributed by atoms with van der Waals surface area (Å²) in [5.74, 6) is -0.0748. The Morgan fingerprint density at radius 3 is 2.64 bits per heavy atom. The zero-order valence-electron chi connectivity index (χ0n) is 14.8. The van der Waals surface area contributed by atoms with Crippen molar-refractivity contribution < 1.29 is 17.9 Å². The number of nitrogens with zero attached hydrogens (tertiary/aromatic N) is 2. The molecule has 0 atom stereocenters. The molecule has 0 bridgehead atoms. The average Bonchev–Trinajstić information content (AvgIpc) is 3.04. The van der Waals surface area contributed by atoms with Crippen LogP contribution >= 0.6 is 27.5 Å². The molecule has 0 fully saturated rings. The summed E-state index contributed by atoms with van der Waals surface area (Å²) in [5, 5.41) is 0.469. The van der Waals surface area contributed by atoms with E-state index in [1.54, 1.807) is 41.9 Å². The van der Waals surface area contributed by atoms with Crippen molar-refractivity contribution in [1.82, 2.24) is 14.3 Å². The number of rotatable bonds is 5. The van der Waals surface area contributed by atoms with Crippen molar-refractivity contribution in [2.75, 3.05) is 7.11 Å². The number of halogens is 2. The number of sulfonamides is 1. The standard InChI is InChI=1S/C18H15BrClN3O4S/c1-23-10-15(21-17(23)12-5-3-4-6-14(12)20)18(24)22-28(25,26)16-9-11(27-2)7-8-13(16)19/h3-10H,1-2H3,(H,22,24). The Kier molecular flexibility index (Phi) is 5.78. The van der Waals surface area contributed by atoms with Crippen LogP contribution in [0.1, 0.15) is 10.5 Å². The summed E-state index contributed by atoms with van der Waals surface area (Å²) in [7, 11) is -1.04. The molecule has 1 heterocycles. The zero-order chi connectivity index (χ0) is 20.5. The van der Waals surface area contributed by atoms with Gasteiger partial charge in [-0.05, 0) is 40.2 Å². The molecule has 3 rings (SSSR count). The van der Waals surface area contributed by atoms with E-state index in [-0.39, 0.29) is 10.6 Å². The molecule has 0 saturated heterocycles. The first-order valence-electron chi connectivity index (χ1n) is 7.92. The second kappa shape index (κ2) is 7.94. The molecule has 28 heavy (non-hydrogen) atoms. The van der Waals surface area contributed by atoms with Crippen molar-refractivity contribution in [2.45, 2.75) is 4.90 Å². The van der Waals surface area contributed by atoms with Gasteiger partial charge in [-0.25, -0.2) is 18.1 Å². The fourth-order valence-corrected chi connectivity index (χ4v) is 4.68. The minimum atomic E-state index is -4.15. The molecule has 0 spiro atoms. The van der Waals surface area contributed by atoms with Gasteiger partial charge in [0.15, 0.2) is 0 Å². The van der Waals surface area contributed by atoms with Crippen LogP contribution in [0.15, 0.2) is 58.0 Å². The number of amides is 1. The van der Waals surface area contributed by atoms with Gasteiger partial charge in [0.25, 0.3) is 15.9 Å². The summed E-state index contributed by atoms with van der Waals surface area (Å²) >= 11 is 9.36.